The Kier molecular flexibility index (Phi) is 1.66. The molecule has 2 rings (SSSR count). The molecule has 3 N–H and O–H groups in total. The largest absolute Gasteiger partial charge is 0.328 e. The first-order valence-electron chi connectivity index (χ1n) is 4.33. The summed E-state index contributed by atoms with van der Waals surface area (Å²) < 4.78 is 0. The van der Waals surface area contributed by atoms with Crippen LogP contribution in [0.1, 0.15) is 25.7 Å². The summed E-state index contributed by atoms with van der Waals surface area (Å²) in [6.07, 6.45) is 5.30. The average Bonchev–Trinajstić information content (AvgIpc) is 2.60. The quantitative estimate of drug-likeness (QED) is 0.598. The minimum Gasteiger partial charge on any atom is -0.328 e. The average molecular weight is 140 g/mol. The molecule has 0 unspecified atom stereocenters. The van der Waals surface area contributed by atoms with Gasteiger partial charge in [0.2, 0.25) is 0 Å². The Morgan fingerprint density at radius 2 is 2.00 bits per heavy atom. The first-order chi connectivity index (χ1) is 4.84. The maximum Gasteiger partial charge on any atom is 0.00966 e. The molecule has 2 saturated carbocycles. The summed E-state index contributed by atoms with van der Waals surface area (Å²) in [7, 11) is 0. The molecule has 0 aromatic heterocycles. The summed E-state index contributed by atoms with van der Waals surface area (Å²) in [4.78, 5) is 0. The fourth-order valence-corrected chi connectivity index (χ4v) is 1.48. The lowest BCUT2D eigenvalue weighted by Crippen LogP contribution is -2.48. The van der Waals surface area contributed by atoms with Crippen molar-refractivity contribution in [3.63, 3.8) is 0 Å². The second-order valence-electron chi connectivity index (χ2n) is 3.78. The number of hydrogen-bond acceptors (Lipinski definition) is 2. The summed E-state index contributed by atoms with van der Waals surface area (Å²) in [6.45, 7) is 1.25. The summed E-state index contributed by atoms with van der Waals surface area (Å²) in [6, 6.07) is 1.26. The highest BCUT2D eigenvalue weighted by Crippen LogP contribution is 2.28. The zero-order chi connectivity index (χ0) is 6.97. The maximum absolute atomic E-state index is 5.65. The maximum atomic E-state index is 5.65. The molecule has 0 spiro atoms. The molecular formula is C8H16N2. The van der Waals surface area contributed by atoms with Crippen molar-refractivity contribution < 1.29 is 0 Å². The molecule has 2 aliphatic rings. The highest BCUT2D eigenvalue weighted by molar-refractivity contribution is 4.89. The first kappa shape index (κ1) is 6.62. The van der Waals surface area contributed by atoms with Crippen LogP contribution in [0.5, 0.6) is 0 Å². The summed E-state index contributed by atoms with van der Waals surface area (Å²) in [5.41, 5.74) is 5.65. The van der Waals surface area contributed by atoms with Crippen LogP contribution in [-0.4, -0.2) is 18.6 Å². The van der Waals surface area contributed by atoms with Crippen molar-refractivity contribution in [2.24, 2.45) is 11.7 Å². The molecule has 0 aliphatic heterocycles. The van der Waals surface area contributed by atoms with Crippen molar-refractivity contribution in [2.75, 3.05) is 6.54 Å². The molecule has 2 fully saturated rings. The van der Waals surface area contributed by atoms with Gasteiger partial charge >= 0.3 is 0 Å². The molecule has 0 bridgehead atoms. The number of nitrogens with one attached hydrogen (secondary N) is 1. The van der Waals surface area contributed by atoms with Crippen LogP contribution in [0.15, 0.2) is 0 Å². The summed E-state index contributed by atoms with van der Waals surface area (Å²) >= 11 is 0. The van der Waals surface area contributed by atoms with Crippen molar-refractivity contribution in [3.05, 3.63) is 0 Å². The van der Waals surface area contributed by atoms with E-state index in [1.54, 1.807) is 0 Å². The number of nitrogens with two attached hydrogens (primary N) is 1. The van der Waals surface area contributed by atoms with Crippen LogP contribution in [-0.2, 0) is 0 Å². The lowest BCUT2D eigenvalue weighted by atomic mass is 9.87. The molecule has 0 amide bonds. The van der Waals surface area contributed by atoms with Gasteiger partial charge in [0.25, 0.3) is 0 Å². The minimum atomic E-state index is 0.497. The van der Waals surface area contributed by atoms with Gasteiger partial charge in [-0.15, -0.1) is 0 Å². The van der Waals surface area contributed by atoms with Crippen molar-refractivity contribution in [1.82, 2.24) is 5.32 Å². The van der Waals surface area contributed by atoms with Gasteiger partial charge in [0, 0.05) is 12.1 Å². The molecular weight excluding hydrogens is 124 g/mol. The third kappa shape index (κ3) is 1.50. The van der Waals surface area contributed by atoms with Gasteiger partial charge < -0.3 is 11.1 Å². The van der Waals surface area contributed by atoms with Crippen LogP contribution in [0.3, 0.4) is 0 Å². The highest BCUT2D eigenvalue weighted by atomic mass is 15.0. The second-order valence-corrected chi connectivity index (χ2v) is 3.78. The molecule has 0 atom stereocenters. The lowest BCUT2D eigenvalue weighted by molar-refractivity contribution is 0.289. The smallest absolute Gasteiger partial charge is 0.00966 e. The standard InChI is InChI=1S/C8H16N2/c9-7-3-8(4-7)10-5-6-1-2-6/h6-8,10H,1-5,9H2. The number of rotatable bonds is 3. The predicted octanol–water partition coefficient (Wildman–Crippen LogP) is 0.476. The van der Waals surface area contributed by atoms with E-state index in [2.05, 4.69) is 5.32 Å². The molecule has 2 heteroatoms. The van der Waals surface area contributed by atoms with Crippen LogP contribution in [0.25, 0.3) is 0 Å². The Bertz CT molecular complexity index is 114. The van der Waals surface area contributed by atoms with E-state index in [0.29, 0.717) is 6.04 Å². The van der Waals surface area contributed by atoms with Gasteiger partial charge in [-0.25, -0.2) is 0 Å². The van der Waals surface area contributed by atoms with Crippen LogP contribution < -0.4 is 11.1 Å². The first-order valence-corrected chi connectivity index (χ1v) is 4.33. The SMILES string of the molecule is NC1CC(NCC2CC2)C1. The Balaban J connectivity index is 1.54. The molecule has 0 heterocycles. The van der Waals surface area contributed by atoms with E-state index in [0.717, 1.165) is 12.0 Å². The van der Waals surface area contributed by atoms with Gasteiger partial charge in [0.1, 0.15) is 0 Å². The Labute approximate surface area is 62.2 Å². The van der Waals surface area contributed by atoms with E-state index in [9.17, 15) is 0 Å². The van der Waals surface area contributed by atoms with Gasteiger partial charge in [-0.1, -0.05) is 0 Å². The zero-order valence-corrected chi connectivity index (χ0v) is 6.34. The third-order valence-corrected chi connectivity index (χ3v) is 2.57. The highest BCUT2D eigenvalue weighted by Gasteiger charge is 2.28. The Morgan fingerprint density at radius 1 is 1.30 bits per heavy atom. The molecule has 2 aliphatic carbocycles. The summed E-state index contributed by atoms with van der Waals surface area (Å²) in [5, 5.41) is 3.53. The predicted molar refractivity (Wildman–Crippen MR) is 41.7 cm³/mol. The van der Waals surface area contributed by atoms with Crippen LogP contribution in [0.4, 0.5) is 0 Å². The zero-order valence-electron chi connectivity index (χ0n) is 6.34. The van der Waals surface area contributed by atoms with Gasteiger partial charge in [0.15, 0.2) is 0 Å². The molecule has 0 aromatic carbocycles. The van der Waals surface area contributed by atoms with E-state index >= 15 is 0 Å². The van der Waals surface area contributed by atoms with E-state index in [4.69, 9.17) is 5.73 Å². The van der Waals surface area contributed by atoms with Crippen LogP contribution >= 0.6 is 0 Å². The third-order valence-electron chi connectivity index (χ3n) is 2.57. The van der Waals surface area contributed by atoms with E-state index < -0.39 is 0 Å². The van der Waals surface area contributed by atoms with Crippen molar-refractivity contribution in [2.45, 2.75) is 37.8 Å². The van der Waals surface area contributed by atoms with Crippen molar-refractivity contribution in [3.8, 4) is 0 Å². The van der Waals surface area contributed by atoms with Crippen molar-refractivity contribution in [1.29, 1.82) is 0 Å². The molecule has 0 saturated heterocycles. The minimum absolute atomic E-state index is 0.497. The van der Waals surface area contributed by atoms with Crippen LogP contribution in [0, 0.1) is 5.92 Å². The molecule has 58 valence electrons. The number of hydrogen-bond donors (Lipinski definition) is 2. The molecule has 10 heavy (non-hydrogen) atoms. The van der Waals surface area contributed by atoms with Crippen LogP contribution in [0.2, 0.25) is 0 Å². The fourth-order valence-electron chi connectivity index (χ4n) is 1.48. The Morgan fingerprint density at radius 3 is 2.50 bits per heavy atom. The second kappa shape index (κ2) is 2.51. The monoisotopic (exact) mass is 140 g/mol. The van der Waals surface area contributed by atoms with Crippen molar-refractivity contribution >= 4 is 0 Å². The van der Waals surface area contributed by atoms with E-state index in [1.807, 2.05) is 0 Å². The molecule has 0 aromatic rings. The Hall–Kier alpha value is -0.0800. The fraction of sp³-hybridized carbons (Fsp3) is 1.00. The normalized spacial score (nSPS) is 39.3. The topological polar surface area (TPSA) is 38.0 Å². The summed E-state index contributed by atoms with van der Waals surface area (Å²) in [5.74, 6) is 1.01. The van der Waals surface area contributed by atoms with Gasteiger partial charge in [-0.05, 0) is 38.1 Å². The lowest BCUT2D eigenvalue weighted by Gasteiger charge is -2.33. The van der Waals surface area contributed by atoms with Gasteiger partial charge in [0.05, 0.1) is 0 Å². The molecule has 0 radical (unpaired) electrons. The van der Waals surface area contributed by atoms with Gasteiger partial charge in [-0.3, -0.25) is 0 Å². The van der Waals surface area contributed by atoms with E-state index in [-0.39, 0.29) is 0 Å². The molecule has 2 nitrogen and oxygen atoms in total. The van der Waals surface area contributed by atoms with E-state index in [1.165, 1.54) is 32.2 Å². The van der Waals surface area contributed by atoms with Gasteiger partial charge in [-0.2, -0.15) is 0 Å².